The van der Waals surface area contributed by atoms with Gasteiger partial charge in [-0.2, -0.15) is 0 Å². The first-order valence-electron chi connectivity index (χ1n) is 25.4. The number of aryl methyl sites for hydroxylation is 1. The van der Waals surface area contributed by atoms with Gasteiger partial charge in [0.1, 0.15) is 6.61 Å². The van der Waals surface area contributed by atoms with Gasteiger partial charge in [0.2, 0.25) is 5.91 Å². The molecule has 1 aromatic rings. The minimum atomic E-state index is -4.61. The van der Waals surface area contributed by atoms with Gasteiger partial charge in [-0.3, -0.25) is 33.0 Å². The Morgan fingerprint density at radius 2 is 1.03 bits per heavy atom. The summed E-state index contributed by atoms with van der Waals surface area (Å²) in [5, 5.41) is 2.65. The number of hydrogen-bond donors (Lipinski definition) is 2. The highest BCUT2D eigenvalue weighted by Gasteiger charge is 2.27. The maximum absolute atomic E-state index is 12.8. The van der Waals surface area contributed by atoms with Crippen molar-refractivity contribution in [3.63, 3.8) is 0 Å². The van der Waals surface area contributed by atoms with E-state index in [1.165, 1.54) is 128 Å². The molecule has 370 valence electrons. The third-order valence-electron chi connectivity index (χ3n) is 11.7. The zero-order valence-electron chi connectivity index (χ0n) is 40.2. The van der Waals surface area contributed by atoms with E-state index in [9.17, 15) is 33.4 Å². The van der Waals surface area contributed by atoms with Gasteiger partial charge in [0.15, 0.2) is 6.10 Å². The molecule has 65 heavy (non-hydrogen) atoms. The van der Waals surface area contributed by atoms with Gasteiger partial charge in [0, 0.05) is 38.0 Å². The fraction of sp³-hybridized carbons (Fsp3) is 0.745. The van der Waals surface area contributed by atoms with Crippen molar-refractivity contribution >= 4 is 43.2 Å². The summed E-state index contributed by atoms with van der Waals surface area (Å²) in [5.74, 6) is -1.96. The zero-order valence-corrected chi connectivity index (χ0v) is 41.1. The Morgan fingerprint density at radius 1 is 0.585 bits per heavy atom. The van der Waals surface area contributed by atoms with Crippen LogP contribution < -0.4 is 10.2 Å². The number of carbonyl (C=O) groups excluding carboxylic acids is 5. The summed E-state index contributed by atoms with van der Waals surface area (Å²) in [6.07, 6.45) is 34.0. The number of hydrogen-bond acceptors (Lipinski definition) is 10. The molecule has 0 aliphatic carbocycles. The van der Waals surface area contributed by atoms with Crippen LogP contribution in [0.3, 0.4) is 0 Å². The van der Waals surface area contributed by atoms with Crippen LogP contribution in [-0.4, -0.2) is 67.0 Å². The standard InChI is InChI=1S/C51H85N2O11P/c1-3-5-7-9-11-13-15-17-19-21-23-25-27-32-50(57)61-42-46(64-51(58)33-28-26-24-22-20-18-16-14-12-10-8-6-4-2)43-63-65(59,60)62-41-40-52-47(54)31-29-30-44-34-36-45(37-35-44)53-48(55)38-39-49(53)56/h34-39,46H,3-33,40-43H2,1-2H3,(H,52,54)(H,59,60)/t46-/m1/s1. The van der Waals surface area contributed by atoms with Crippen molar-refractivity contribution in [1.82, 2.24) is 5.32 Å². The molecular formula is C51H85N2O11P. The van der Waals surface area contributed by atoms with Crippen LogP contribution in [0, 0.1) is 0 Å². The number of rotatable bonds is 43. The number of imide groups is 1. The molecule has 0 radical (unpaired) electrons. The molecule has 0 fully saturated rings. The van der Waals surface area contributed by atoms with E-state index in [-0.39, 0.29) is 56.7 Å². The lowest BCUT2D eigenvalue weighted by atomic mass is 10.0. The Labute approximate surface area is 391 Å². The second-order valence-electron chi connectivity index (χ2n) is 17.6. The van der Waals surface area contributed by atoms with E-state index in [1.54, 1.807) is 24.3 Å². The largest absolute Gasteiger partial charge is 0.472 e. The molecule has 2 rings (SSSR count). The normalized spacial score (nSPS) is 13.9. The maximum Gasteiger partial charge on any atom is 0.472 e. The van der Waals surface area contributed by atoms with E-state index in [2.05, 4.69) is 19.2 Å². The van der Waals surface area contributed by atoms with Crippen LogP contribution in [0.1, 0.15) is 212 Å². The molecule has 3 amide bonds. The maximum atomic E-state index is 12.8. The molecule has 1 aromatic carbocycles. The van der Waals surface area contributed by atoms with E-state index in [0.717, 1.165) is 49.0 Å². The van der Waals surface area contributed by atoms with Gasteiger partial charge in [0.25, 0.3) is 11.8 Å². The number of anilines is 1. The first-order valence-corrected chi connectivity index (χ1v) is 26.9. The van der Waals surface area contributed by atoms with Gasteiger partial charge in [-0.1, -0.05) is 180 Å². The molecule has 0 spiro atoms. The topological polar surface area (TPSA) is 175 Å². The highest BCUT2D eigenvalue weighted by Crippen LogP contribution is 2.43. The predicted molar refractivity (Wildman–Crippen MR) is 257 cm³/mol. The van der Waals surface area contributed by atoms with Gasteiger partial charge in [0.05, 0.1) is 18.9 Å². The number of nitrogens with one attached hydrogen (secondary N) is 1. The van der Waals surface area contributed by atoms with Crippen LogP contribution in [0.25, 0.3) is 0 Å². The van der Waals surface area contributed by atoms with Gasteiger partial charge >= 0.3 is 19.8 Å². The average Bonchev–Trinajstić information content (AvgIpc) is 3.63. The molecule has 2 N–H and O–H groups in total. The molecular weight excluding hydrogens is 848 g/mol. The summed E-state index contributed by atoms with van der Waals surface area (Å²) in [6.45, 7) is 3.31. The van der Waals surface area contributed by atoms with Gasteiger partial charge in [-0.15, -0.1) is 0 Å². The lowest BCUT2D eigenvalue weighted by molar-refractivity contribution is -0.161. The Hall–Kier alpha value is -3.38. The highest BCUT2D eigenvalue weighted by atomic mass is 31.2. The van der Waals surface area contributed by atoms with E-state index in [0.29, 0.717) is 31.4 Å². The Balaban J connectivity index is 1.68. The number of amides is 3. The number of nitrogens with zero attached hydrogens (tertiary/aromatic N) is 1. The molecule has 13 nitrogen and oxygen atoms in total. The summed E-state index contributed by atoms with van der Waals surface area (Å²) in [5.41, 5.74) is 1.41. The molecule has 0 saturated heterocycles. The summed E-state index contributed by atoms with van der Waals surface area (Å²) in [6, 6.07) is 6.98. The quantitative estimate of drug-likeness (QED) is 0.0276. The van der Waals surface area contributed by atoms with Crippen molar-refractivity contribution in [3.8, 4) is 0 Å². The molecule has 1 heterocycles. The number of unbranched alkanes of at least 4 members (excludes halogenated alkanes) is 24. The SMILES string of the molecule is CCCCCCCCCCCCCCCC(=O)OC[C@H](COP(=O)(O)OCCNC(=O)CCCc1ccc(N2C(=O)C=CC2=O)cc1)OC(=O)CCCCCCCCCCCCCCC. The third-order valence-corrected chi connectivity index (χ3v) is 12.7. The minimum absolute atomic E-state index is 0.0400. The number of phosphoric acid groups is 1. The second-order valence-corrected chi connectivity index (χ2v) is 19.0. The van der Waals surface area contributed by atoms with Gasteiger partial charge in [-0.05, 0) is 43.4 Å². The summed E-state index contributed by atoms with van der Waals surface area (Å²) in [4.78, 5) is 73.0. The van der Waals surface area contributed by atoms with E-state index in [1.807, 2.05) is 0 Å². The molecule has 1 unspecified atom stereocenters. The van der Waals surface area contributed by atoms with Gasteiger partial charge in [-0.25, -0.2) is 9.46 Å². The van der Waals surface area contributed by atoms with Crippen molar-refractivity contribution in [2.24, 2.45) is 0 Å². The lowest BCUT2D eigenvalue weighted by Gasteiger charge is -2.20. The van der Waals surface area contributed by atoms with Crippen LogP contribution >= 0.6 is 7.82 Å². The van der Waals surface area contributed by atoms with Crippen LogP contribution in [0.5, 0.6) is 0 Å². The minimum Gasteiger partial charge on any atom is -0.462 e. The fourth-order valence-corrected chi connectivity index (χ4v) is 8.52. The molecule has 14 heteroatoms. The van der Waals surface area contributed by atoms with Crippen LogP contribution in [0.15, 0.2) is 36.4 Å². The molecule has 1 aliphatic heterocycles. The van der Waals surface area contributed by atoms with Crippen molar-refractivity contribution in [2.75, 3.05) is 31.3 Å². The molecule has 0 saturated carbocycles. The predicted octanol–water partition coefficient (Wildman–Crippen LogP) is 12.1. The van der Waals surface area contributed by atoms with Crippen molar-refractivity contribution < 1.29 is 52.0 Å². The van der Waals surface area contributed by atoms with E-state index < -0.39 is 32.5 Å². The summed E-state index contributed by atoms with van der Waals surface area (Å²) in [7, 11) is -4.61. The summed E-state index contributed by atoms with van der Waals surface area (Å²) < 4.78 is 34.0. The van der Waals surface area contributed by atoms with Crippen LogP contribution in [-0.2, 0) is 53.5 Å². The zero-order chi connectivity index (χ0) is 47.2. The molecule has 2 atom stereocenters. The number of ether oxygens (including phenoxy) is 2. The number of phosphoric ester groups is 1. The van der Waals surface area contributed by atoms with E-state index in [4.69, 9.17) is 18.5 Å². The average molecular weight is 933 g/mol. The smallest absolute Gasteiger partial charge is 0.462 e. The first-order chi connectivity index (χ1) is 31.5. The van der Waals surface area contributed by atoms with Gasteiger partial charge < -0.3 is 19.7 Å². The van der Waals surface area contributed by atoms with Crippen molar-refractivity contribution in [2.45, 2.75) is 219 Å². The van der Waals surface area contributed by atoms with Crippen LogP contribution in [0.2, 0.25) is 0 Å². The fourth-order valence-electron chi connectivity index (χ4n) is 7.77. The number of esters is 2. The monoisotopic (exact) mass is 933 g/mol. The Morgan fingerprint density at radius 3 is 1.51 bits per heavy atom. The van der Waals surface area contributed by atoms with Crippen molar-refractivity contribution in [1.29, 1.82) is 0 Å². The second kappa shape index (κ2) is 37.7. The number of benzene rings is 1. The molecule has 0 aromatic heterocycles. The molecule has 1 aliphatic rings. The Bertz CT molecular complexity index is 1520. The van der Waals surface area contributed by atoms with E-state index >= 15 is 0 Å². The first kappa shape index (κ1) is 57.7. The van der Waals surface area contributed by atoms with Crippen LogP contribution in [0.4, 0.5) is 5.69 Å². The highest BCUT2D eigenvalue weighted by molar-refractivity contribution is 7.47. The third kappa shape index (κ3) is 30.5. The number of carbonyl (C=O) groups is 5. The lowest BCUT2D eigenvalue weighted by Crippen LogP contribution is -2.30. The Kier molecular flexibility index (Phi) is 33.5. The van der Waals surface area contributed by atoms with Crippen molar-refractivity contribution in [3.05, 3.63) is 42.0 Å². The molecule has 0 bridgehead atoms. The summed E-state index contributed by atoms with van der Waals surface area (Å²) >= 11 is 0.